The van der Waals surface area contributed by atoms with E-state index in [1.165, 1.54) is 17.4 Å². The van der Waals surface area contributed by atoms with Crippen molar-refractivity contribution in [2.24, 2.45) is 0 Å². The number of piperazine rings is 1. The van der Waals surface area contributed by atoms with Crippen molar-refractivity contribution >= 4 is 46.9 Å². The van der Waals surface area contributed by atoms with Crippen molar-refractivity contribution in [1.29, 1.82) is 0 Å². The fourth-order valence-corrected chi connectivity index (χ4v) is 4.04. The van der Waals surface area contributed by atoms with Gasteiger partial charge in [0.25, 0.3) is 0 Å². The van der Waals surface area contributed by atoms with Crippen LogP contribution in [-0.2, 0) is 0 Å². The molecule has 1 aromatic carbocycles. The summed E-state index contributed by atoms with van der Waals surface area (Å²) < 4.78 is 15.1. The third-order valence-electron chi connectivity index (χ3n) is 3.64. The smallest absolute Gasteiger partial charge is 0.129 e. The molecule has 1 aromatic heterocycles. The summed E-state index contributed by atoms with van der Waals surface area (Å²) in [7, 11) is 0. The number of rotatable bonds is 3. The molecule has 1 aliphatic rings. The van der Waals surface area contributed by atoms with Gasteiger partial charge in [0, 0.05) is 41.6 Å². The van der Waals surface area contributed by atoms with Gasteiger partial charge in [0.15, 0.2) is 0 Å². The average molecular weight is 382 g/mol. The molecule has 1 saturated heterocycles. The highest BCUT2D eigenvalue weighted by molar-refractivity contribution is 7.16. The summed E-state index contributed by atoms with van der Waals surface area (Å²) in [5.41, 5.74) is 0.653. The Morgan fingerprint density at radius 3 is 2.45 bits per heavy atom. The maximum absolute atomic E-state index is 14.4. The van der Waals surface area contributed by atoms with E-state index in [9.17, 15) is 4.39 Å². The number of nitrogens with zero attached hydrogens (tertiary/aromatic N) is 1. The highest BCUT2D eigenvalue weighted by Crippen LogP contribution is 2.37. The molecule has 0 unspecified atom stereocenters. The Kier molecular flexibility index (Phi) is 6.50. The van der Waals surface area contributed by atoms with E-state index in [1.54, 1.807) is 12.1 Å². The molecule has 2 aromatic rings. The summed E-state index contributed by atoms with van der Waals surface area (Å²) in [5.74, 6) is -0.268. The van der Waals surface area contributed by atoms with E-state index in [1.807, 2.05) is 12.1 Å². The highest BCUT2D eigenvalue weighted by Gasteiger charge is 2.27. The van der Waals surface area contributed by atoms with Crippen molar-refractivity contribution in [1.82, 2.24) is 10.2 Å². The number of benzene rings is 1. The lowest BCUT2D eigenvalue weighted by atomic mass is 10.0. The van der Waals surface area contributed by atoms with E-state index in [0.29, 0.717) is 10.6 Å². The van der Waals surface area contributed by atoms with Gasteiger partial charge in [0.1, 0.15) is 5.82 Å². The summed E-state index contributed by atoms with van der Waals surface area (Å²) in [6, 6.07) is 8.63. The Morgan fingerprint density at radius 2 is 1.86 bits per heavy atom. The van der Waals surface area contributed by atoms with E-state index in [2.05, 4.69) is 10.2 Å². The minimum Gasteiger partial charge on any atom is -0.314 e. The molecule has 3 rings (SSSR count). The predicted molar refractivity (Wildman–Crippen MR) is 94.3 cm³/mol. The van der Waals surface area contributed by atoms with E-state index >= 15 is 0 Å². The van der Waals surface area contributed by atoms with Crippen molar-refractivity contribution in [3.05, 3.63) is 55.9 Å². The first-order chi connectivity index (χ1) is 10.1. The summed E-state index contributed by atoms with van der Waals surface area (Å²) in [6.45, 7) is 3.57. The molecule has 120 valence electrons. The molecular formula is C15H16Cl3FN2S. The Bertz CT molecular complexity index is 629. The number of nitrogens with one attached hydrogen (secondary N) is 1. The zero-order valence-electron chi connectivity index (χ0n) is 11.7. The quantitative estimate of drug-likeness (QED) is 0.835. The molecule has 2 heterocycles. The van der Waals surface area contributed by atoms with Crippen LogP contribution in [0.1, 0.15) is 16.5 Å². The van der Waals surface area contributed by atoms with Crippen LogP contribution in [0.15, 0.2) is 30.3 Å². The number of hydrogen-bond acceptors (Lipinski definition) is 3. The molecule has 1 fully saturated rings. The maximum Gasteiger partial charge on any atom is 0.129 e. The minimum atomic E-state index is -0.268. The van der Waals surface area contributed by atoms with Gasteiger partial charge in [-0.15, -0.1) is 23.7 Å². The fraction of sp³-hybridized carbons (Fsp3) is 0.333. The first-order valence-corrected chi connectivity index (χ1v) is 8.37. The van der Waals surface area contributed by atoms with Crippen LogP contribution in [0, 0.1) is 5.82 Å². The van der Waals surface area contributed by atoms with Crippen LogP contribution in [-0.4, -0.2) is 31.1 Å². The summed E-state index contributed by atoms with van der Waals surface area (Å²) in [4.78, 5) is 3.34. The van der Waals surface area contributed by atoms with E-state index in [4.69, 9.17) is 23.2 Å². The molecule has 1 aliphatic heterocycles. The second kappa shape index (κ2) is 7.95. The molecule has 0 saturated carbocycles. The van der Waals surface area contributed by atoms with Crippen LogP contribution in [0.3, 0.4) is 0 Å². The Hall–Kier alpha value is -0.360. The lowest BCUT2D eigenvalue weighted by molar-refractivity contribution is 0.197. The zero-order valence-corrected chi connectivity index (χ0v) is 14.8. The van der Waals surface area contributed by atoms with Crippen molar-refractivity contribution in [2.45, 2.75) is 6.04 Å². The number of halogens is 4. The van der Waals surface area contributed by atoms with Gasteiger partial charge < -0.3 is 5.32 Å². The average Bonchev–Trinajstić information content (AvgIpc) is 2.89. The van der Waals surface area contributed by atoms with Gasteiger partial charge in [-0.05, 0) is 24.3 Å². The molecule has 0 amide bonds. The van der Waals surface area contributed by atoms with Crippen LogP contribution < -0.4 is 5.32 Å². The van der Waals surface area contributed by atoms with E-state index in [0.717, 1.165) is 35.4 Å². The van der Waals surface area contributed by atoms with Gasteiger partial charge in [-0.3, -0.25) is 4.90 Å². The molecule has 0 bridgehead atoms. The molecular weight excluding hydrogens is 366 g/mol. The first-order valence-electron chi connectivity index (χ1n) is 6.80. The van der Waals surface area contributed by atoms with Gasteiger partial charge in [0.2, 0.25) is 0 Å². The Balaban J connectivity index is 0.00000176. The summed E-state index contributed by atoms with van der Waals surface area (Å²) >= 11 is 13.4. The second-order valence-electron chi connectivity index (χ2n) is 5.00. The molecule has 1 N–H and O–H groups in total. The van der Waals surface area contributed by atoms with Crippen LogP contribution in [0.5, 0.6) is 0 Å². The summed E-state index contributed by atoms with van der Waals surface area (Å²) in [5, 5.41) is 3.74. The number of hydrogen-bond donors (Lipinski definition) is 1. The molecule has 0 radical (unpaired) electrons. The van der Waals surface area contributed by atoms with Gasteiger partial charge in [0.05, 0.1) is 10.4 Å². The topological polar surface area (TPSA) is 15.3 Å². The largest absolute Gasteiger partial charge is 0.314 e. The summed E-state index contributed by atoms with van der Waals surface area (Å²) in [6.07, 6.45) is 0. The third-order valence-corrected chi connectivity index (χ3v) is 5.16. The minimum absolute atomic E-state index is 0. The van der Waals surface area contributed by atoms with Gasteiger partial charge >= 0.3 is 0 Å². The standard InChI is InChI=1S/C15H15Cl2FN2S.ClH/c16-10-1-2-11(12(18)9-10)15(13-3-4-14(17)21-13)20-7-5-19-6-8-20;/h1-4,9,15,19H,5-8H2;1H/t15-;/m0./s1. The van der Waals surface area contributed by atoms with E-state index < -0.39 is 0 Å². The highest BCUT2D eigenvalue weighted by atomic mass is 35.5. The van der Waals surface area contributed by atoms with Crippen molar-refractivity contribution < 1.29 is 4.39 Å². The Labute approximate surface area is 149 Å². The molecule has 2 nitrogen and oxygen atoms in total. The SMILES string of the molecule is Cl.Fc1cc(Cl)ccc1[C@@H](c1ccc(Cl)s1)N1CCNCC1. The van der Waals surface area contributed by atoms with Gasteiger partial charge in [-0.1, -0.05) is 29.3 Å². The van der Waals surface area contributed by atoms with Crippen LogP contribution in [0.25, 0.3) is 0 Å². The molecule has 7 heteroatoms. The first kappa shape index (κ1) is 18.0. The lowest BCUT2D eigenvalue weighted by Crippen LogP contribution is -2.45. The number of thiophene rings is 1. The fourth-order valence-electron chi connectivity index (χ4n) is 2.67. The van der Waals surface area contributed by atoms with E-state index in [-0.39, 0.29) is 24.3 Å². The van der Waals surface area contributed by atoms with Gasteiger partial charge in [-0.2, -0.15) is 0 Å². The normalized spacial score (nSPS) is 17.0. The zero-order chi connectivity index (χ0) is 14.8. The lowest BCUT2D eigenvalue weighted by Gasteiger charge is -2.34. The predicted octanol–water partition coefficient (Wildman–Crippen LogP) is 4.61. The van der Waals surface area contributed by atoms with Crippen LogP contribution in [0.4, 0.5) is 4.39 Å². The Morgan fingerprint density at radius 1 is 1.14 bits per heavy atom. The monoisotopic (exact) mass is 380 g/mol. The molecule has 0 spiro atoms. The third kappa shape index (κ3) is 3.94. The van der Waals surface area contributed by atoms with Gasteiger partial charge in [-0.25, -0.2) is 4.39 Å². The van der Waals surface area contributed by atoms with Crippen LogP contribution >= 0.6 is 46.9 Å². The molecule has 0 aliphatic carbocycles. The second-order valence-corrected chi connectivity index (χ2v) is 7.18. The maximum atomic E-state index is 14.4. The van der Waals surface area contributed by atoms with Crippen molar-refractivity contribution in [2.75, 3.05) is 26.2 Å². The van der Waals surface area contributed by atoms with Crippen molar-refractivity contribution in [3.8, 4) is 0 Å². The molecule has 22 heavy (non-hydrogen) atoms. The van der Waals surface area contributed by atoms with Crippen molar-refractivity contribution in [3.63, 3.8) is 0 Å². The molecule has 1 atom stereocenters. The van der Waals surface area contributed by atoms with Crippen LogP contribution in [0.2, 0.25) is 9.36 Å².